The van der Waals surface area contributed by atoms with Gasteiger partial charge in [-0.1, -0.05) is 57.8 Å². The van der Waals surface area contributed by atoms with Gasteiger partial charge in [0.2, 0.25) is 0 Å². The molecule has 1 N–H and O–H groups in total. The minimum atomic E-state index is -0.688. The van der Waals surface area contributed by atoms with Crippen LogP contribution in [0.3, 0.4) is 0 Å². The zero-order chi connectivity index (χ0) is 20.3. The number of ether oxygens (including phenoxy) is 2. The molecule has 1 aromatic rings. The molecule has 0 saturated heterocycles. The van der Waals surface area contributed by atoms with E-state index in [1.165, 1.54) is 75.6 Å². The van der Waals surface area contributed by atoms with Crippen LogP contribution >= 0.6 is 0 Å². The van der Waals surface area contributed by atoms with Crippen molar-refractivity contribution in [3.63, 3.8) is 0 Å². The average Bonchev–Trinajstić information content (AvgIpc) is 3.01. The minimum Gasteiger partial charge on any atom is -0.438 e. The number of nitrogens with zero attached hydrogens (tertiary/aromatic N) is 1. The average molecular weight is 412 g/mol. The number of unbranched alkanes of at least 4 members (excludes halogenated alkanes) is 10. The van der Waals surface area contributed by atoms with Crippen molar-refractivity contribution in [3.8, 4) is 0 Å². The Balaban J connectivity index is 1.72. The quantitative estimate of drug-likeness (QED) is 0.180. The van der Waals surface area contributed by atoms with E-state index in [1.54, 1.807) is 0 Å². The third-order valence-electron chi connectivity index (χ3n) is 5.45. The lowest BCUT2D eigenvalue weighted by molar-refractivity contribution is -0.0556. The van der Waals surface area contributed by atoms with Crippen LogP contribution in [0.2, 0.25) is 6.04 Å². The molecule has 0 aliphatic heterocycles. The summed E-state index contributed by atoms with van der Waals surface area (Å²) in [6.07, 6.45) is 15.2. The highest BCUT2D eigenvalue weighted by molar-refractivity contribution is 6.25. The minimum absolute atomic E-state index is 0.454. The van der Waals surface area contributed by atoms with Crippen LogP contribution in [-0.2, 0) is 16.0 Å². The summed E-state index contributed by atoms with van der Waals surface area (Å²) in [5.74, 6) is 0. The van der Waals surface area contributed by atoms with E-state index < -0.39 is 9.76 Å². The van der Waals surface area contributed by atoms with Crippen LogP contribution < -0.4 is 0 Å². The third kappa shape index (κ3) is 13.5. The van der Waals surface area contributed by atoms with E-state index in [0.717, 1.165) is 38.6 Å². The zero-order valence-corrected chi connectivity index (χ0v) is 20.0. The highest BCUT2D eigenvalue weighted by Gasteiger charge is 2.00. The summed E-state index contributed by atoms with van der Waals surface area (Å²) in [7, 11) is -0.688. The number of rotatable bonds is 20. The van der Waals surface area contributed by atoms with Gasteiger partial charge in [-0.05, 0) is 51.3 Å². The van der Waals surface area contributed by atoms with Crippen LogP contribution in [0.15, 0.2) is 12.1 Å². The van der Waals surface area contributed by atoms with Gasteiger partial charge in [0, 0.05) is 31.1 Å². The topological polar surface area (TPSA) is 43.6 Å². The molecule has 4 nitrogen and oxygen atoms in total. The Bertz CT molecular complexity index is 445. The maximum atomic E-state index is 8.86. The fraction of sp³-hybridized carbons (Fsp3) is 0.826. The van der Waals surface area contributed by atoms with Gasteiger partial charge in [0.25, 0.3) is 0 Å². The summed E-state index contributed by atoms with van der Waals surface area (Å²) in [4.78, 5) is 8.86. The first-order valence-electron chi connectivity index (χ1n) is 11.6. The Hall–Kier alpha value is -0.623. The Morgan fingerprint density at radius 1 is 0.714 bits per heavy atom. The van der Waals surface area contributed by atoms with E-state index >= 15 is 0 Å². The van der Waals surface area contributed by atoms with Gasteiger partial charge in [-0.15, -0.1) is 0 Å². The van der Waals surface area contributed by atoms with Gasteiger partial charge in [0.1, 0.15) is 6.79 Å². The summed E-state index contributed by atoms with van der Waals surface area (Å²) < 4.78 is 13.5. The van der Waals surface area contributed by atoms with Crippen molar-refractivity contribution in [3.05, 3.63) is 23.5 Å². The fourth-order valence-corrected chi connectivity index (χ4v) is 4.19. The van der Waals surface area contributed by atoms with Gasteiger partial charge in [0.05, 0.1) is 0 Å². The van der Waals surface area contributed by atoms with E-state index in [9.17, 15) is 0 Å². The van der Waals surface area contributed by atoms with Crippen LogP contribution in [0.4, 0.5) is 0 Å². The normalized spacial score (nSPS) is 11.8. The Morgan fingerprint density at radius 2 is 1.18 bits per heavy atom. The second-order valence-corrected chi connectivity index (χ2v) is 9.18. The number of aromatic nitrogens is 1. The largest absolute Gasteiger partial charge is 0.438 e. The highest BCUT2D eigenvalue weighted by Crippen LogP contribution is 2.11. The van der Waals surface area contributed by atoms with Gasteiger partial charge in [0.15, 0.2) is 9.76 Å². The Kier molecular flexibility index (Phi) is 16.7. The molecule has 1 aromatic heterocycles. The molecule has 0 spiro atoms. The summed E-state index contributed by atoms with van der Waals surface area (Å²) in [5.41, 5.74) is 2.74. The third-order valence-corrected chi connectivity index (χ3v) is 6.27. The predicted octanol–water partition coefficient (Wildman–Crippen LogP) is 5.27. The molecule has 0 amide bonds. The lowest BCUT2D eigenvalue weighted by Crippen LogP contribution is -2.04. The molecule has 0 atom stereocenters. The van der Waals surface area contributed by atoms with Crippen LogP contribution in [0, 0.1) is 13.8 Å². The van der Waals surface area contributed by atoms with Crippen LogP contribution in [0.1, 0.15) is 88.4 Å². The fourth-order valence-electron chi connectivity index (χ4n) is 3.61. The molecule has 28 heavy (non-hydrogen) atoms. The van der Waals surface area contributed by atoms with Gasteiger partial charge in [-0.25, -0.2) is 0 Å². The van der Waals surface area contributed by atoms with E-state index in [2.05, 4.69) is 30.5 Å². The molecule has 1 rings (SSSR count). The van der Waals surface area contributed by atoms with Crippen molar-refractivity contribution < 1.29 is 14.3 Å². The molecule has 0 radical (unpaired) electrons. The monoisotopic (exact) mass is 411 g/mol. The maximum absolute atomic E-state index is 8.86. The molecular formula is C23H45NO3Si. The van der Waals surface area contributed by atoms with E-state index in [1.807, 2.05) is 0 Å². The van der Waals surface area contributed by atoms with E-state index in [0.29, 0.717) is 6.79 Å². The summed E-state index contributed by atoms with van der Waals surface area (Å²) >= 11 is 0. The maximum Gasteiger partial charge on any atom is 0.156 e. The van der Waals surface area contributed by atoms with E-state index in [4.69, 9.17) is 14.3 Å². The SMILES string of the molecule is Cc1ccc(C)n1CCCCCCOCOCCCCCCCCCC[SiH2]O. The first kappa shape index (κ1) is 25.4. The van der Waals surface area contributed by atoms with Crippen molar-refractivity contribution in [2.45, 2.75) is 103 Å². The molecule has 5 heteroatoms. The van der Waals surface area contributed by atoms with E-state index in [-0.39, 0.29) is 0 Å². The molecule has 0 unspecified atom stereocenters. The summed E-state index contributed by atoms with van der Waals surface area (Å²) in [6.45, 7) is 7.61. The molecule has 0 aliphatic rings. The smallest absolute Gasteiger partial charge is 0.156 e. The van der Waals surface area contributed by atoms with Gasteiger partial charge >= 0.3 is 0 Å². The molecule has 1 heterocycles. The van der Waals surface area contributed by atoms with Crippen molar-refractivity contribution in [1.29, 1.82) is 0 Å². The van der Waals surface area contributed by atoms with Crippen LogP contribution in [0.25, 0.3) is 0 Å². The van der Waals surface area contributed by atoms with Crippen molar-refractivity contribution in [2.75, 3.05) is 20.0 Å². The molecule has 0 bridgehead atoms. The number of hydrogen-bond acceptors (Lipinski definition) is 3. The van der Waals surface area contributed by atoms with Gasteiger partial charge in [-0.3, -0.25) is 0 Å². The van der Waals surface area contributed by atoms with Crippen molar-refractivity contribution >= 4 is 9.76 Å². The van der Waals surface area contributed by atoms with Crippen LogP contribution in [-0.4, -0.2) is 39.1 Å². The molecule has 164 valence electrons. The molecular weight excluding hydrogens is 366 g/mol. The second-order valence-electron chi connectivity index (χ2n) is 8.02. The number of aryl methyl sites for hydroxylation is 2. The molecule has 0 aliphatic carbocycles. The summed E-state index contributed by atoms with van der Waals surface area (Å²) in [5, 5.41) is 0. The first-order valence-corrected chi connectivity index (χ1v) is 13.3. The Morgan fingerprint density at radius 3 is 1.71 bits per heavy atom. The van der Waals surface area contributed by atoms with Crippen molar-refractivity contribution in [1.82, 2.24) is 4.57 Å². The molecule has 0 saturated carbocycles. The lowest BCUT2D eigenvalue weighted by atomic mass is 10.1. The van der Waals surface area contributed by atoms with Crippen molar-refractivity contribution in [2.24, 2.45) is 0 Å². The second kappa shape index (κ2) is 18.4. The zero-order valence-electron chi connectivity index (χ0n) is 18.6. The van der Waals surface area contributed by atoms with Gasteiger partial charge in [-0.2, -0.15) is 0 Å². The highest BCUT2D eigenvalue weighted by atomic mass is 28.2. The first-order chi connectivity index (χ1) is 13.8. The molecule has 0 fully saturated rings. The lowest BCUT2D eigenvalue weighted by Gasteiger charge is -2.09. The van der Waals surface area contributed by atoms with Crippen LogP contribution in [0.5, 0.6) is 0 Å². The summed E-state index contributed by atoms with van der Waals surface area (Å²) in [6, 6.07) is 5.51. The number of hydrogen-bond donors (Lipinski definition) is 1. The molecule has 0 aromatic carbocycles. The standard InChI is InChI=1S/C23H45NO3Si/c1-22-15-16-23(2)24(22)17-11-7-9-13-19-27-21-26-18-12-8-5-3-4-6-10-14-20-28-25/h15-16,25H,3-14,17-21,28H2,1-2H3. The predicted molar refractivity (Wildman–Crippen MR) is 122 cm³/mol. The van der Waals surface area contributed by atoms with Gasteiger partial charge < -0.3 is 18.8 Å². The Labute approximate surface area is 176 Å².